The van der Waals surface area contributed by atoms with Gasteiger partial charge in [0.2, 0.25) is 0 Å². The normalized spacial score (nSPS) is 16.0. The van der Waals surface area contributed by atoms with Gasteiger partial charge in [-0.05, 0) is 79.4 Å². The highest BCUT2D eigenvalue weighted by Crippen LogP contribution is 2.49. The second kappa shape index (κ2) is 9.15. The van der Waals surface area contributed by atoms with Gasteiger partial charge in [0.15, 0.2) is 0 Å². The van der Waals surface area contributed by atoms with Crippen LogP contribution in [0.2, 0.25) is 0 Å². The fourth-order valence-electron chi connectivity index (χ4n) is 3.85. The lowest BCUT2D eigenvalue weighted by Gasteiger charge is -2.18. The zero-order valence-electron chi connectivity index (χ0n) is 17.5. The van der Waals surface area contributed by atoms with E-state index in [0.29, 0.717) is 10.8 Å². The van der Waals surface area contributed by atoms with Crippen molar-refractivity contribution in [3.05, 3.63) is 23.3 Å². The lowest BCUT2D eigenvalue weighted by atomic mass is 9.89. The third-order valence-electron chi connectivity index (χ3n) is 5.99. The maximum Gasteiger partial charge on any atom is 0.122 e. The summed E-state index contributed by atoms with van der Waals surface area (Å²) in [4.78, 5) is 0. The predicted octanol–water partition coefficient (Wildman–Crippen LogP) is 7.15. The monoisotopic (exact) mass is 360 g/mol. The molecule has 26 heavy (non-hydrogen) atoms. The first-order valence-electron chi connectivity index (χ1n) is 10.7. The molecule has 2 rings (SSSR count). The molecule has 0 aromatic heterocycles. The molecule has 0 unspecified atom stereocenters. The van der Waals surface area contributed by atoms with Crippen LogP contribution in [-0.4, -0.2) is 10.2 Å². The number of rotatable bonds is 11. The summed E-state index contributed by atoms with van der Waals surface area (Å²) in [6.45, 7) is 9.28. The van der Waals surface area contributed by atoms with Crippen LogP contribution in [0.4, 0.5) is 0 Å². The Bertz CT molecular complexity index is 564. The van der Waals surface area contributed by atoms with Crippen LogP contribution >= 0.6 is 0 Å². The molecule has 1 saturated carbocycles. The van der Waals surface area contributed by atoms with Crippen molar-refractivity contribution in [1.29, 1.82) is 0 Å². The minimum Gasteiger partial charge on any atom is -0.508 e. The maximum absolute atomic E-state index is 10.3. The Hall–Kier alpha value is -1.18. The molecule has 0 bridgehead atoms. The Balaban J connectivity index is 1.78. The van der Waals surface area contributed by atoms with Gasteiger partial charge in [-0.25, -0.2) is 0 Å². The minimum atomic E-state index is 0.194. The van der Waals surface area contributed by atoms with Crippen molar-refractivity contribution in [1.82, 2.24) is 0 Å². The lowest BCUT2D eigenvalue weighted by molar-refractivity contribution is 0.357. The molecule has 0 heterocycles. The van der Waals surface area contributed by atoms with Crippen LogP contribution in [0.5, 0.6) is 11.5 Å². The number of phenolic OH excluding ortho intramolecular Hbond substituents is 2. The van der Waals surface area contributed by atoms with Crippen molar-refractivity contribution in [2.24, 2.45) is 10.8 Å². The highest BCUT2D eigenvalue weighted by atomic mass is 16.3. The van der Waals surface area contributed by atoms with E-state index in [-0.39, 0.29) is 11.5 Å². The SMILES string of the molecule is CC(C)(C)CCCCCc1c(O)cc(O)cc1CCCCCC1(C)CC1. The van der Waals surface area contributed by atoms with Gasteiger partial charge in [-0.15, -0.1) is 0 Å². The van der Waals surface area contributed by atoms with Gasteiger partial charge in [0.25, 0.3) is 0 Å². The number of aromatic hydroxyl groups is 2. The average Bonchev–Trinajstić information content (AvgIpc) is 3.25. The molecule has 1 fully saturated rings. The fourth-order valence-corrected chi connectivity index (χ4v) is 3.85. The first-order valence-corrected chi connectivity index (χ1v) is 10.7. The van der Waals surface area contributed by atoms with E-state index in [4.69, 9.17) is 0 Å². The molecule has 0 radical (unpaired) electrons. The van der Waals surface area contributed by atoms with Crippen LogP contribution in [-0.2, 0) is 12.8 Å². The van der Waals surface area contributed by atoms with E-state index >= 15 is 0 Å². The zero-order chi connectivity index (χ0) is 19.2. The zero-order valence-corrected chi connectivity index (χ0v) is 17.5. The van der Waals surface area contributed by atoms with Crippen molar-refractivity contribution >= 4 is 0 Å². The van der Waals surface area contributed by atoms with E-state index < -0.39 is 0 Å². The predicted molar refractivity (Wildman–Crippen MR) is 111 cm³/mol. The van der Waals surface area contributed by atoms with Gasteiger partial charge < -0.3 is 10.2 Å². The second-order valence-electron chi connectivity index (χ2n) is 10.1. The number of unbranched alkanes of at least 4 members (excludes halogenated alkanes) is 4. The molecule has 0 aliphatic heterocycles. The fraction of sp³-hybridized carbons (Fsp3) is 0.750. The molecule has 0 amide bonds. The van der Waals surface area contributed by atoms with Gasteiger partial charge in [-0.3, -0.25) is 0 Å². The molecule has 1 aliphatic rings. The molecule has 148 valence electrons. The molecule has 1 aromatic rings. The summed E-state index contributed by atoms with van der Waals surface area (Å²) in [5.41, 5.74) is 3.27. The van der Waals surface area contributed by atoms with Gasteiger partial charge >= 0.3 is 0 Å². The Morgan fingerprint density at radius 1 is 0.885 bits per heavy atom. The Kier molecular flexibility index (Phi) is 7.43. The van der Waals surface area contributed by atoms with E-state index in [0.717, 1.165) is 36.8 Å². The number of hydrogen-bond acceptors (Lipinski definition) is 2. The summed E-state index contributed by atoms with van der Waals surface area (Å²) in [5.74, 6) is 0.473. The molecule has 1 aromatic carbocycles. The van der Waals surface area contributed by atoms with Crippen molar-refractivity contribution in [3.8, 4) is 11.5 Å². The Morgan fingerprint density at radius 2 is 1.54 bits per heavy atom. The molecule has 2 heteroatoms. The molecule has 0 spiro atoms. The summed E-state index contributed by atoms with van der Waals surface area (Å²) in [6, 6.07) is 3.37. The molecule has 2 N–H and O–H groups in total. The highest BCUT2D eigenvalue weighted by molar-refractivity contribution is 5.45. The van der Waals surface area contributed by atoms with Crippen LogP contribution in [0, 0.1) is 10.8 Å². The van der Waals surface area contributed by atoms with E-state index in [1.54, 1.807) is 0 Å². The minimum absolute atomic E-state index is 0.194. The largest absolute Gasteiger partial charge is 0.508 e. The van der Waals surface area contributed by atoms with Crippen molar-refractivity contribution in [2.45, 2.75) is 105 Å². The summed E-state index contributed by atoms with van der Waals surface area (Å²) >= 11 is 0. The van der Waals surface area contributed by atoms with Crippen LogP contribution < -0.4 is 0 Å². The first-order chi connectivity index (χ1) is 12.2. The standard InChI is InChI=1S/C24H40O2/c1-23(2,3)13-9-6-8-12-21-19(17-20(25)18-22(21)26)11-7-5-10-14-24(4)15-16-24/h17-18,25-26H,5-16H2,1-4H3. The summed E-state index contributed by atoms with van der Waals surface area (Å²) in [7, 11) is 0. The quantitative estimate of drug-likeness (QED) is 0.411. The van der Waals surface area contributed by atoms with Gasteiger partial charge in [0.1, 0.15) is 11.5 Å². The van der Waals surface area contributed by atoms with Crippen molar-refractivity contribution in [3.63, 3.8) is 0 Å². The van der Waals surface area contributed by atoms with Gasteiger partial charge in [0, 0.05) is 6.07 Å². The van der Waals surface area contributed by atoms with Crippen LogP contribution in [0.1, 0.15) is 103 Å². The van der Waals surface area contributed by atoms with Crippen molar-refractivity contribution in [2.75, 3.05) is 0 Å². The molecular weight excluding hydrogens is 320 g/mol. The molecular formula is C24H40O2. The smallest absolute Gasteiger partial charge is 0.122 e. The second-order valence-corrected chi connectivity index (χ2v) is 10.1. The number of benzene rings is 1. The third-order valence-corrected chi connectivity index (χ3v) is 5.99. The molecule has 1 aliphatic carbocycles. The van der Waals surface area contributed by atoms with Gasteiger partial charge in [0.05, 0.1) is 0 Å². The van der Waals surface area contributed by atoms with E-state index in [2.05, 4.69) is 27.7 Å². The maximum atomic E-state index is 10.3. The Morgan fingerprint density at radius 3 is 2.19 bits per heavy atom. The van der Waals surface area contributed by atoms with Crippen LogP contribution in [0.3, 0.4) is 0 Å². The average molecular weight is 361 g/mol. The molecule has 0 atom stereocenters. The summed E-state index contributed by atoms with van der Waals surface area (Å²) in [6.07, 6.45) is 14.6. The first kappa shape index (κ1) is 21.1. The highest BCUT2D eigenvalue weighted by Gasteiger charge is 2.35. The van der Waals surface area contributed by atoms with E-state index in [1.165, 1.54) is 57.4 Å². The van der Waals surface area contributed by atoms with Crippen LogP contribution in [0.25, 0.3) is 0 Å². The van der Waals surface area contributed by atoms with Gasteiger partial charge in [-0.1, -0.05) is 53.4 Å². The number of aryl methyl sites for hydroxylation is 1. The molecule has 0 saturated heterocycles. The number of phenols is 2. The van der Waals surface area contributed by atoms with E-state index in [1.807, 2.05) is 6.07 Å². The lowest BCUT2D eigenvalue weighted by Crippen LogP contribution is -2.04. The van der Waals surface area contributed by atoms with Crippen LogP contribution in [0.15, 0.2) is 12.1 Å². The van der Waals surface area contributed by atoms with Gasteiger partial charge in [-0.2, -0.15) is 0 Å². The summed E-state index contributed by atoms with van der Waals surface area (Å²) in [5, 5.41) is 20.2. The molecule has 2 nitrogen and oxygen atoms in total. The number of hydrogen-bond donors (Lipinski definition) is 2. The summed E-state index contributed by atoms with van der Waals surface area (Å²) < 4.78 is 0. The van der Waals surface area contributed by atoms with E-state index in [9.17, 15) is 10.2 Å². The Labute approximate surface area is 161 Å². The topological polar surface area (TPSA) is 40.5 Å². The van der Waals surface area contributed by atoms with Crippen molar-refractivity contribution < 1.29 is 10.2 Å². The third kappa shape index (κ3) is 7.60.